The molecule has 0 amide bonds. The summed E-state index contributed by atoms with van der Waals surface area (Å²) in [7, 11) is 0. The van der Waals surface area contributed by atoms with Gasteiger partial charge < -0.3 is 0 Å². The summed E-state index contributed by atoms with van der Waals surface area (Å²) < 4.78 is 0. The van der Waals surface area contributed by atoms with Crippen LogP contribution in [-0.2, 0) is 6.42 Å². The lowest BCUT2D eigenvalue weighted by atomic mass is 10.1. The van der Waals surface area contributed by atoms with E-state index >= 15 is 0 Å². The second-order valence-electron chi connectivity index (χ2n) is 3.36. The highest BCUT2D eigenvalue weighted by Gasteiger charge is 2.28. The number of alkyl halides is 1. The van der Waals surface area contributed by atoms with E-state index in [-0.39, 0.29) is 0 Å². The quantitative estimate of drug-likeness (QED) is 0.743. The van der Waals surface area contributed by atoms with Gasteiger partial charge >= 0.3 is 0 Å². The van der Waals surface area contributed by atoms with Crippen LogP contribution in [0.1, 0.15) is 24.1 Å². The molecule has 0 radical (unpaired) electrons. The van der Waals surface area contributed by atoms with Gasteiger partial charge in [0, 0.05) is 15.9 Å². The van der Waals surface area contributed by atoms with Gasteiger partial charge in [-0.3, -0.25) is 4.98 Å². The second-order valence-corrected chi connectivity index (χ2v) is 5.51. The fraction of sp³-hybridized carbons (Fsp3) is 0.667. The molecule has 1 saturated carbocycles. The van der Waals surface area contributed by atoms with E-state index in [1.807, 2.05) is 11.7 Å². The maximum atomic E-state index is 4.06. The van der Waals surface area contributed by atoms with Crippen LogP contribution in [0, 0.1) is 5.92 Å². The lowest BCUT2D eigenvalue weighted by molar-refractivity contribution is 0.700. The maximum absolute atomic E-state index is 4.06. The van der Waals surface area contributed by atoms with Gasteiger partial charge in [-0.05, 0) is 31.6 Å². The zero-order valence-electron chi connectivity index (χ0n) is 6.87. The molecule has 0 N–H and O–H groups in total. The lowest BCUT2D eigenvalue weighted by Crippen LogP contribution is -2.01. The smallest absolute Gasteiger partial charge is 0.0794 e. The number of hydrogen-bond donors (Lipinski definition) is 0. The fourth-order valence-electron chi connectivity index (χ4n) is 1.34. The van der Waals surface area contributed by atoms with E-state index < -0.39 is 0 Å². The molecule has 1 heterocycles. The monoisotopic (exact) mass is 245 g/mol. The van der Waals surface area contributed by atoms with Crippen molar-refractivity contribution in [3.63, 3.8) is 0 Å². The number of aryl methyl sites for hydroxylation is 1. The molecule has 1 aromatic heterocycles. The Balaban J connectivity index is 1.74. The zero-order chi connectivity index (χ0) is 8.39. The van der Waals surface area contributed by atoms with Crippen molar-refractivity contribution in [2.75, 3.05) is 0 Å². The number of hydrogen-bond acceptors (Lipinski definition) is 2. The van der Waals surface area contributed by atoms with E-state index in [1.54, 1.807) is 11.3 Å². The minimum atomic E-state index is 0.750. The van der Waals surface area contributed by atoms with Crippen molar-refractivity contribution < 1.29 is 0 Å². The molecule has 0 aromatic carbocycles. The predicted molar refractivity (Wildman–Crippen MR) is 55.9 cm³/mol. The average molecular weight is 246 g/mol. The van der Waals surface area contributed by atoms with Crippen LogP contribution in [0.3, 0.4) is 0 Å². The van der Waals surface area contributed by atoms with Gasteiger partial charge in [-0.15, -0.1) is 11.3 Å². The highest BCUT2D eigenvalue weighted by molar-refractivity contribution is 9.09. The molecule has 1 aromatic rings. The molecule has 0 bridgehead atoms. The van der Waals surface area contributed by atoms with Crippen LogP contribution in [0.15, 0.2) is 11.7 Å². The van der Waals surface area contributed by atoms with Crippen molar-refractivity contribution in [2.24, 2.45) is 5.92 Å². The van der Waals surface area contributed by atoms with Crippen LogP contribution in [0.4, 0.5) is 0 Å². The number of halogens is 1. The van der Waals surface area contributed by atoms with Gasteiger partial charge in [0.15, 0.2) is 0 Å². The molecule has 66 valence electrons. The van der Waals surface area contributed by atoms with Gasteiger partial charge in [-0.25, -0.2) is 0 Å². The Labute approximate surface area is 85.3 Å². The van der Waals surface area contributed by atoms with Gasteiger partial charge in [0.25, 0.3) is 0 Å². The van der Waals surface area contributed by atoms with Crippen LogP contribution in [0.5, 0.6) is 0 Å². The normalized spacial score (nSPS) is 19.4. The predicted octanol–water partition coefficient (Wildman–Crippen LogP) is 3.25. The van der Waals surface area contributed by atoms with Crippen LogP contribution < -0.4 is 0 Å². The fourth-order valence-corrected chi connectivity index (χ4v) is 2.71. The third-order valence-corrected chi connectivity index (χ3v) is 4.33. The van der Waals surface area contributed by atoms with Crippen LogP contribution in [0.25, 0.3) is 0 Å². The van der Waals surface area contributed by atoms with Gasteiger partial charge in [-0.1, -0.05) is 15.9 Å². The number of thiazole rings is 1. The second kappa shape index (κ2) is 3.88. The first kappa shape index (κ1) is 8.70. The van der Waals surface area contributed by atoms with Crippen molar-refractivity contribution in [1.82, 2.24) is 4.98 Å². The molecule has 1 nitrogen and oxygen atoms in total. The largest absolute Gasteiger partial charge is 0.253 e. The molecule has 0 aliphatic heterocycles. The van der Waals surface area contributed by atoms with E-state index in [0.717, 1.165) is 10.7 Å². The minimum Gasteiger partial charge on any atom is -0.253 e. The van der Waals surface area contributed by atoms with Crippen LogP contribution >= 0.6 is 27.3 Å². The van der Waals surface area contributed by atoms with Crippen molar-refractivity contribution in [3.05, 3.63) is 16.6 Å². The summed E-state index contributed by atoms with van der Waals surface area (Å²) in [6, 6.07) is 0. The first-order valence-electron chi connectivity index (χ1n) is 4.37. The Morgan fingerprint density at radius 2 is 2.50 bits per heavy atom. The van der Waals surface area contributed by atoms with E-state index in [9.17, 15) is 0 Å². The summed E-state index contributed by atoms with van der Waals surface area (Å²) in [6.45, 7) is 0. The van der Waals surface area contributed by atoms with Crippen molar-refractivity contribution in [2.45, 2.75) is 30.5 Å². The van der Waals surface area contributed by atoms with Gasteiger partial charge in [0.2, 0.25) is 0 Å². The molecule has 0 saturated heterocycles. The Morgan fingerprint density at radius 1 is 1.67 bits per heavy atom. The maximum Gasteiger partial charge on any atom is 0.0794 e. The lowest BCUT2D eigenvalue weighted by Gasteiger charge is -2.05. The van der Waals surface area contributed by atoms with E-state index in [4.69, 9.17) is 0 Å². The summed E-state index contributed by atoms with van der Waals surface area (Å²) in [6.07, 6.45) is 7.30. The Kier molecular flexibility index (Phi) is 2.81. The van der Waals surface area contributed by atoms with Gasteiger partial charge in [0.1, 0.15) is 0 Å². The van der Waals surface area contributed by atoms with E-state index in [0.29, 0.717) is 0 Å². The van der Waals surface area contributed by atoms with Gasteiger partial charge in [-0.2, -0.15) is 0 Å². The third-order valence-electron chi connectivity index (χ3n) is 2.28. The topological polar surface area (TPSA) is 12.9 Å². The molecular formula is C9H12BrNS. The number of aromatic nitrogens is 1. The van der Waals surface area contributed by atoms with Crippen molar-refractivity contribution in [3.8, 4) is 0 Å². The molecule has 1 fully saturated rings. The van der Waals surface area contributed by atoms with Crippen LogP contribution in [-0.4, -0.2) is 9.81 Å². The van der Waals surface area contributed by atoms with Crippen LogP contribution in [0.2, 0.25) is 0 Å². The molecular weight excluding hydrogens is 234 g/mol. The molecule has 1 aliphatic carbocycles. The number of nitrogens with zero attached hydrogens (tertiary/aromatic N) is 1. The average Bonchev–Trinajstić information content (AvgIpc) is 2.80. The molecule has 1 unspecified atom stereocenters. The summed E-state index contributed by atoms with van der Waals surface area (Å²) in [5, 5.41) is 0. The molecule has 2 rings (SSSR count). The third kappa shape index (κ3) is 2.30. The molecule has 1 aliphatic rings. The molecule has 1 atom stereocenters. The van der Waals surface area contributed by atoms with Gasteiger partial charge in [0.05, 0.1) is 5.51 Å². The van der Waals surface area contributed by atoms with Crippen molar-refractivity contribution >= 4 is 27.3 Å². The minimum absolute atomic E-state index is 0.750. The highest BCUT2D eigenvalue weighted by Crippen LogP contribution is 2.38. The van der Waals surface area contributed by atoms with E-state index in [2.05, 4.69) is 20.9 Å². The Hall–Kier alpha value is 0.110. The van der Waals surface area contributed by atoms with Crippen molar-refractivity contribution in [1.29, 1.82) is 0 Å². The summed E-state index contributed by atoms with van der Waals surface area (Å²) >= 11 is 5.50. The first-order valence-corrected chi connectivity index (χ1v) is 6.17. The highest BCUT2D eigenvalue weighted by atomic mass is 79.9. The standard InChI is InChI=1S/C9H12BrNS/c10-9(7-1-2-7)4-3-8-5-11-6-12-8/h5-7,9H,1-4H2. The SMILES string of the molecule is BrC(CCc1cncs1)C1CC1. The van der Waals surface area contributed by atoms with E-state index in [1.165, 1.54) is 30.6 Å². The Bertz CT molecular complexity index is 231. The summed E-state index contributed by atoms with van der Waals surface area (Å²) in [5.41, 5.74) is 1.91. The summed E-state index contributed by atoms with van der Waals surface area (Å²) in [4.78, 5) is 6.23. The molecule has 0 spiro atoms. The first-order chi connectivity index (χ1) is 5.86. The molecule has 12 heavy (non-hydrogen) atoms. The summed E-state index contributed by atoms with van der Waals surface area (Å²) in [5.74, 6) is 0.970. The Morgan fingerprint density at radius 3 is 3.08 bits per heavy atom. The zero-order valence-corrected chi connectivity index (χ0v) is 9.27. The molecule has 3 heteroatoms. The number of rotatable bonds is 4.